The van der Waals surface area contributed by atoms with Crippen molar-refractivity contribution in [1.29, 1.82) is 0 Å². The minimum Gasteiger partial charge on any atom is -0.510 e. The van der Waals surface area contributed by atoms with E-state index in [2.05, 4.69) is 5.32 Å². The predicted octanol–water partition coefficient (Wildman–Crippen LogP) is 4.60. The van der Waals surface area contributed by atoms with E-state index in [4.69, 9.17) is 11.6 Å². The number of aliphatic hydroxyl groups is 1. The lowest BCUT2D eigenvalue weighted by Gasteiger charge is -2.24. The fraction of sp³-hybridized carbons (Fsp3) is 0.0870. The zero-order chi connectivity index (χ0) is 22.0. The Kier molecular flexibility index (Phi) is 5.71. The molecule has 0 atom stereocenters. The molecule has 0 aliphatic carbocycles. The number of benzene rings is 3. The van der Waals surface area contributed by atoms with Crippen LogP contribution in [0.3, 0.4) is 0 Å². The van der Waals surface area contributed by atoms with Gasteiger partial charge in [0.15, 0.2) is 0 Å². The van der Waals surface area contributed by atoms with E-state index < -0.39 is 27.4 Å². The molecular formula is C23H19ClN2O4S. The molecule has 3 aromatic carbocycles. The number of sulfonamides is 1. The summed E-state index contributed by atoms with van der Waals surface area (Å²) >= 11 is 5.94. The van der Waals surface area contributed by atoms with Crippen molar-refractivity contribution in [2.24, 2.45) is 0 Å². The first-order valence-electron chi connectivity index (χ1n) is 9.48. The first-order chi connectivity index (χ1) is 14.8. The largest absolute Gasteiger partial charge is 0.510 e. The third kappa shape index (κ3) is 4.42. The molecule has 0 saturated carbocycles. The van der Waals surface area contributed by atoms with E-state index in [1.54, 1.807) is 72.8 Å². The first kappa shape index (κ1) is 21.0. The number of aliphatic hydroxyl groups excluding tert-OH is 1. The van der Waals surface area contributed by atoms with Crippen molar-refractivity contribution in [2.75, 3.05) is 15.4 Å². The molecule has 0 aromatic heterocycles. The average Bonchev–Trinajstić information content (AvgIpc) is 2.82. The third-order valence-corrected chi connectivity index (χ3v) is 6.77. The number of amides is 1. The summed E-state index contributed by atoms with van der Waals surface area (Å²) in [6, 6.07) is 22.2. The Morgan fingerprint density at radius 1 is 0.968 bits per heavy atom. The summed E-state index contributed by atoms with van der Waals surface area (Å²) in [5, 5.41) is 14.0. The molecule has 0 bridgehead atoms. The highest BCUT2D eigenvalue weighted by molar-refractivity contribution is 7.93. The number of rotatable bonds is 4. The third-order valence-electron chi connectivity index (χ3n) is 4.88. The maximum atomic E-state index is 13.1. The quantitative estimate of drug-likeness (QED) is 0.603. The molecule has 1 aliphatic rings. The van der Waals surface area contributed by atoms with Crippen LogP contribution in [0.4, 0.5) is 11.4 Å². The van der Waals surface area contributed by atoms with Crippen LogP contribution < -0.4 is 9.62 Å². The van der Waals surface area contributed by atoms with Gasteiger partial charge in [0.05, 0.1) is 17.8 Å². The Morgan fingerprint density at radius 2 is 1.61 bits per heavy atom. The predicted molar refractivity (Wildman–Crippen MR) is 122 cm³/mol. The van der Waals surface area contributed by atoms with Crippen LogP contribution in [0.2, 0.25) is 5.02 Å². The van der Waals surface area contributed by atoms with Gasteiger partial charge in [-0.15, -0.1) is 0 Å². The van der Waals surface area contributed by atoms with Crippen molar-refractivity contribution < 1.29 is 18.3 Å². The standard InChI is InChI=1S/C23H19ClN2O4S/c24-17-12-10-16(11-13-17)14-26-20-9-5-4-8-19(20)22(21(27)15-31(26,29)30)23(28)25-18-6-2-1-3-7-18/h1-13,27H,14-15H2,(H,25,28). The Morgan fingerprint density at radius 3 is 2.32 bits per heavy atom. The van der Waals surface area contributed by atoms with Crippen LogP contribution in [0.5, 0.6) is 0 Å². The SMILES string of the molecule is O=C(Nc1ccccc1)C1=C(O)CS(=O)(=O)N(Cc2ccc(Cl)cc2)c2ccccc21. The van der Waals surface area contributed by atoms with Gasteiger partial charge in [-0.25, -0.2) is 8.42 Å². The highest BCUT2D eigenvalue weighted by Gasteiger charge is 2.34. The monoisotopic (exact) mass is 454 g/mol. The van der Waals surface area contributed by atoms with Crippen LogP contribution in [-0.4, -0.2) is 25.2 Å². The molecule has 2 N–H and O–H groups in total. The second-order valence-corrected chi connectivity index (χ2v) is 9.38. The molecule has 31 heavy (non-hydrogen) atoms. The van der Waals surface area contributed by atoms with E-state index in [0.717, 1.165) is 5.56 Å². The topological polar surface area (TPSA) is 86.7 Å². The summed E-state index contributed by atoms with van der Waals surface area (Å²) in [6.45, 7) is 0.0391. The Bertz CT molecular complexity index is 1260. The normalized spacial score (nSPS) is 15.2. The van der Waals surface area contributed by atoms with E-state index in [0.29, 0.717) is 22.0 Å². The Labute approximate surface area is 185 Å². The maximum Gasteiger partial charge on any atom is 0.259 e. The molecule has 0 radical (unpaired) electrons. The molecule has 0 fully saturated rings. The summed E-state index contributed by atoms with van der Waals surface area (Å²) in [6.07, 6.45) is 0. The molecule has 6 nitrogen and oxygen atoms in total. The summed E-state index contributed by atoms with van der Waals surface area (Å²) in [5.74, 6) is -1.77. The molecule has 1 aliphatic heterocycles. The van der Waals surface area contributed by atoms with Gasteiger partial charge >= 0.3 is 0 Å². The fourth-order valence-corrected chi connectivity index (χ4v) is 5.01. The fourth-order valence-electron chi connectivity index (χ4n) is 3.44. The van der Waals surface area contributed by atoms with Gasteiger partial charge in [0.2, 0.25) is 10.0 Å². The van der Waals surface area contributed by atoms with Crippen LogP contribution in [0, 0.1) is 0 Å². The summed E-state index contributed by atoms with van der Waals surface area (Å²) in [5.41, 5.74) is 1.85. The summed E-state index contributed by atoms with van der Waals surface area (Å²) in [7, 11) is -3.96. The second kappa shape index (κ2) is 8.45. The molecule has 0 saturated heterocycles. The first-order valence-corrected chi connectivity index (χ1v) is 11.5. The molecule has 1 heterocycles. The minimum atomic E-state index is -3.96. The molecular weight excluding hydrogens is 436 g/mol. The molecule has 0 unspecified atom stereocenters. The van der Waals surface area contributed by atoms with E-state index in [-0.39, 0.29) is 12.1 Å². The van der Waals surface area contributed by atoms with Crippen molar-refractivity contribution >= 4 is 44.5 Å². The number of nitrogens with one attached hydrogen (secondary N) is 1. The summed E-state index contributed by atoms with van der Waals surface area (Å²) < 4.78 is 27.5. The number of fused-ring (bicyclic) bond motifs is 1. The van der Waals surface area contributed by atoms with Crippen molar-refractivity contribution in [2.45, 2.75) is 6.54 Å². The van der Waals surface area contributed by atoms with Crippen molar-refractivity contribution in [3.05, 3.63) is 101 Å². The van der Waals surface area contributed by atoms with E-state index >= 15 is 0 Å². The molecule has 8 heteroatoms. The van der Waals surface area contributed by atoms with Crippen LogP contribution in [0.15, 0.2) is 84.6 Å². The molecule has 0 spiro atoms. The smallest absolute Gasteiger partial charge is 0.259 e. The Balaban J connectivity index is 1.78. The zero-order valence-electron chi connectivity index (χ0n) is 16.3. The number of anilines is 2. The lowest BCUT2D eigenvalue weighted by atomic mass is 10.0. The van der Waals surface area contributed by atoms with Gasteiger partial charge in [-0.05, 0) is 35.9 Å². The van der Waals surface area contributed by atoms with Crippen LogP contribution in [0.25, 0.3) is 5.57 Å². The number of hydrogen-bond acceptors (Lipinski definition) is 4. The second-order valence-electron chi connectivity index (χ2n) is 7.05. The van der Waals surface area contributed by atoms with Gasteiger partial charge in [0, 0.05) is 16.3 Å². The number of carbonyl (C=O) groups is 1. The zero-order valence-corrected chi connectivity index (χ0v) is 17.9. The van der Waals surface area contributed by atoms with Gasteiger partial charge in [-0.3, -0.25) is 9.10 Å². The van der Waals surface area contributed by atoms with Gasteiger partial charge in [-0.2, -0.15) is 0 Å². The average molecular weight is 455 g/mol. The number of hydrogen-bond donors (Lipinski definition) is 2. The number of halogens is 1. The van der Waals surface area contributed by atoms with Crippen LogP contribution >= 0.6 is 11.6 Å². The summed E-state index contributed by atoms with van der Waals surface area (Å²) in [4.78, 5) is 13.0. The lowest BCUT2D eigenvalue weighted by molar-refractivity contribution is -0.111. The van der Waals surface area contributed by atoms with E-state index in [1.165, 1.54) is 4.31 Å². The van der Waals surface area contributed by atoms with Crippen molar-refractivity contribution in [3.63, 3.8) is 0 Å². The maximum absolute atomic E-state index is 13.1. The molecule has 158 valence electrons. The highest BCUT2D eigenvalue weighted by atomic mass is 35.5. The van der Waals surface area contributed by atoms with Crippen LogP contribution in [-0.2, 0) is 21.4 Å². The van der Waals surface area contributed by atoms with Crippen molar-refractivity contribution in [1.82, 2.24) is 0 Å². The van der Waals surface area contributed by atoms with Crippen molar-refractivity contribution in [3.8, 4) is 0 Å². The minimum absolute atomic E-state index is 0.0391. The number of nitrogens with zero attached hydrogens (tertiary/aromatic N) is 1. The molecule has 4 rings (SSSR count). The van der Waals surface area contributed by atoms with E-state index in [9.17, 15) is 18.3 Å². The highest BCUT2D eigenvalue weighted by Crippen LogP contribution is 2.36. The van der Waals surface area contributed by atoms with Crippen LogP contribution in [0.1, 0.15) is 11.1 Å². The van der Waals surface area contributed by atoms with Gasteiger partial charge in [0.25, 0.3) is 5.91 Å². The number of para-hydroxylation sites is 2. The Hall–Kier alpha value is -3.29. The number of carbonyl (C=O) groups excluding carboxylic acids is 1. The molecule has 3 aromatic rings. The van der Waals surface area contributed by atoms with E-state index in [1.807, 2.05) is 6.07 Å². The van der Waals surface area contributed by atoms with Gasteiger partial charge in [-0.1, -0.05) is 60.1 Å². The van der Waals surface area contributed by atoms with Gasteiger partial charge in [0.1, 0.15) is 11.5 Å². The van der Waals surface area contributed by atoms with Gasteiger partial charge < -0.3 is 10.4 Å². The molecule has 1 amide bonds. The lowest BCUT2D eigenvalue weighted by Crippen LogP contribution is -2.32.